The predicted octanol–water partition coefficient (Wildman–Crippen LogP) is 1.59. The summed E-state index contributed by atoms with van der Waals surface area (Å²) in [6, 6.07) is 3.16. The van der Waals surface area contributed by atoms with Crippen molar-refractivity contribution in [3.63, 3.8) is 0 Å². The number of hydrogen-bond acceptors (Lipinski definition) is 3. The molecule has 0 saturated carbocycles. The first kappa shape index (κ1) is 12.9. The number of aromatic nitrogens is 1. The highest BCUT2D eigenvalue weighted by atomic mass is 16.4. The highest BCUT2D eigenvalue weighted by Gasteiger charge is 2.16. The van der Waals surface area contributed by atoms with Gasteiger partial charge in [0.25, 0.3) is 0 Å². The van der Waals surface area contributed by atoms with E-state index in [0.29, 0.717) is 23.8 Å². The van der Waals surface area contributed by atoms with Gasteiger partial charge in [0.05, 0.1) is 5.57 Å². The zero-order valence-electron chi connectivity index (χ0n) is 9.38. The third-order valence-electron chi connectivity index (χ3n) is 2.17. The van der Waals surface area contributed by atoms with Gasteiger partial charge >= 0.3 is 11.9 Å². The van der Waals surface area contributed by atoms with Crippen LogP contribution in [0.3, 0.4) is 0 Å². The van der Waals surface area contributed by atoms with Gasteiger partial charge in [0.1, 0.15) is 0 Å². The number of pyridine rings is 1. The van der Waals surface area contributed by atoms with Crippen LogP contribution in [0.5, 0.6) is 0 Å². The number of carboxylic acid groups (broad SMARTS) is 2. The SMILES string of the molecule is CCCc1ncccc1/C(=C/C(=O)O)C(=O)O. The van der Waals surface area contributed by atoms with Gasteiger partial charge in [0, 0.05) is 23.5 Å². The molecule has 5 heteroatoms. The van der Waals surface area contributed by atoms with E-state index >= 15 is 0 Å². The van der Waals surface area contributed by atoms with Gasteiger partial charge in [0.15, 0.2) is 0 Å². The van der Waals surface area contributed by atoms with Gasteiger partial charge in [0.2, 0.25) is 0 Å². The lowest BCUT2D eigenvalue weighted by atomic mass is 10.0. The second-order valence-electron chi connectivity index (χ2n) is 3.45. The third kappa shape index (κ3) is 3.41. The van der Waals surface area contributed by atoms with Gasteiger partial charge in [-0.1, -0.05) is 19.4 Å². The number of carboxylic acids is 2. The smallest absolute Gasteiger partial charge is 0.336 e. The summed E-state index contributed by atoms with van der Waals surface area (Å²) >= 11 is 0. The van der Waals surface area contributed by atoms with Gasteiger partial charge in [-0.15, -0.1) is 0 Å². The number of aliphatic carboxylic acids is 2. The fourth-order valence-electron chi connectivity index (χ4n) is 1.50. The topological polar surface area (TPSA) is 87.5 Å². The molecular formula is C12H13NO4. The molecule has 5 nitrogen and oxygen atoms in total. The van der Waals surface area contributed by atoms with Crippen LogP contribution in [0.2, 0.25) is 0 Å². The van der Waals surface area contributed by atoms with Crippen LogP contribution in [0.15, 0.2) is 24.4 Å². The normalized spacial score (nSPS) is 11.2. The highest BCUT2D eigenvalue weighted by molar-refractivity contribution is 6.19. The molecule has 1 rings (SSSR count). The van der Waals surface area contributed by atoms with Crippen LogP contribution in [0, 0.1) is 0 Å². The van der Waals surface area contributed by atoms with Crippen molar-refractivity contribution in [1.82, 2.24) is 4.98 Å². The maximum atomic E-state index is 11.0. The number of carbonyl (C=O) groups is 2. The van der Waals surface area contributed by atoms with E-state index in [9.17, 15) is 9.59 Å². The Balaban J connectivity index is 3.28. The van der Waals surface area contributed by atoms with Crippen molar-refractivity contribution in [2.45, 2.75) is 19.8 Å². The fourth-order valence-corrected chi connectivity index (χ4v) is 1.50. The van der Waals surface area contributed by atoms with Gasteiger partial charge in [-0.2, -0.15) is 0 Å². The first-order chi connectivity index (χ1) is 8.06. The van der Waals surface area contributed by atoms with E-state index in [4.69, 9.17) is 10.2 Å². The zero-order valence-corrected chi connectivity index (χ0v) is 9.38. The van der Waals surface area contributed by atoms with Gasteiger partial charge in [-0.3, -0.25) is 4.98 Å². The highest BCUT2D eigenvalue weighted by Crippen LogP contribution is 2.19. The molecule has 0 saturated heterocycles. The number of aryl methyl sites for hydroxylation is 1. The van der Waals surface area contributed by atoms with Crippen LogP contribution >= 0.6 is 0 Å². The summed E-state index contributed by atoms with van der Waals surface area (Å²) < 4.78 is 0. The summed E-state index contributed by atoms with van der Waals surface area (Å²) in [7, 11) is 0. The Labute approximate surface area is 98.4 Å². The molecule has 0 aliphatic heterocycles. The quantitative estimate of drug-likeness (QED) is 0.756. The minimum absolute atomic E-state index is 0.242. The number of nitrogens with zero attached hydrogens (tertiary/aromatic N) is 1. The van der Waals surface area contributed by atoms with E-state index in [1.165, 1.54) is 0 Å². The van der Waals surface area contributed by atoms with Crippen LogP contribution < -0.4 is 0 Å². The molecule has 0 spiro atoms. The standard InChI is InChI=1S/C12H13NO4/c1-2-4-10-8(5-3-6-13-10)9(12(16)17)7-11(14)15/h3,5-7H,2,4H2,1H3,(H,14,15)(H,16,17)/b9-7-. The van der Waals surface area contributed by atoms with E-state index in [1.807, 2.05) is 6.92 Å². The molecule has 1 aromatic rings. The zero-order chi connectivity index (χ0) is 12.8. The molecule has 0 atom stereocenters. The monoisotopic (exact) mass is 235 g/mol. The molecule has 0 aliphatic carbocycles. The molecule has 2 N–H and O–H groups in total. The van der Waals surface area contributed by atoms with Crippen LogP contribution in [0.4, 0.5) is 0 Å². The Bertz CT molecular complexity index is 465. The first-order valence-electron chi connectivity index (χ1n) is 5.18. The van der Waals surface area contributed by atoms with Crippen molar-refractivity contribution < 1.29 is 19.8 Å². The molecule has 0 bridgehead atoms. The average Bonchev–Trinajstić information content (AvgIpc) is 2.27. The first-order valence-corrected chi connectivity index (χ1v) is 5.18. The van der Waals surface area contributed by atoms with E-state index in [-0.39, 0.29) is 5.57 Å². The second kappa shape index (κ2) is 5.79. The molecule has 1 heterocycles. The Morgan fingerprint density at radius 2 is 2.12 bits per heavy atom. The Kier molecular flexibility index (Phi) is 4.39. The number of hydrogen-bond donors (Lipinski definition) is 2. The Hall–Kier alpha value is -2.17. The molecule has 17 heavy (non-hydrogen) atoms. The predicted molar refractivity (Wildman–Crippen MR) is 61.5 cm³/mol. The number of rotatable bonds is 5. The van der Waals surface area contributed by atoms with Crippen LogP contribution in [0.1, 0.15) is 24.6 Å². The van der Waals surface area contributed by atoms with E-state index in [0.717, 1.165) is 6.42 Å². The second-order valence-corrected chi connectivity index (χ2v) is 3.45. The van der Waals surface area contributed by atoms with Gasteiger partial charge in [-0.05, 0) is 12.5 Å². The molecule has 0 radical (unpaired) electrons. The summed E-state index contributed by atoms with van der Waals surface area (Å²) in [5.74, 6) is -2.55. The lowest BCUT2D eigenvalue weighted by Crippen LogP contribution is -2.07. The van der Waals surface area contributed by atoms with E-state index < -0.39 is 11.9 Å². The van der Waals surface area contributed by atoms with Crippen molar-refractivity contribution in [3.05, 3.63) is 35.7 Å². The fraction of sp³-hybridized carbons (Fsp3) is 0.250. The summed E-state index contributed by atoms with van der Waals surface area (Å²) in [6.07, 6.45) is 3.68. The minimum atomic E-state index is -1.28. The van der Waals surface area contributed by atoms with Crippen LogP contribution in [0.25, 0.3) is 5.57 Å². The van der Waals surface area contributed by atoms with Crippen LogP contribution in [-0.4, -0.2) is 27.1 Å². The molecule has 1 aromatic heterocycles. The molecule has 0 amide bonds. The van der Waals surface area contributed by atoms with Crippen molar-refractivity contribution in [3.8, 4) is 0 Å². The van der Waals surface area contributed by atoms with Gasteiger partial charge < -0.3 is 10.2 Å². The molecule has 0 unspecified atom stereocenters. The van der Waals surface area contributed by atoms with Crippen LogP contribution in [-0.2, 0) is 16.0 Å². The molecule has 90 valence electrons. The minimum Gasteiger partial charge on any atom is -0.478 e. The van der Waals surface area contributed by atoms with Crippen molar-refractivity contribution in [2.75, 3.05) is 0 Å². The Morgan fingerprint density at radius 3 is 2.65 bits per heavy atom. The molecule has 0 aromatic carbocycles. The van der Waals surface area contributed by atoms with Crippen molar-refractivity contribution in [2.24, 2.45) is 0 Å². The summed E-state index contributed by atoms with van der Waals surface area (Å²) in [6.45, 7) is 1.94. The average molecular weight is 235 g/mol. The van der Waals surface area contributed by atoms with E-state index in [1.54, 1.807) is 18.3 Å². The van der Waals surface area contributed by atoms with Crippen molar-refractivity contribution in [1.29, 1.82) is 0 Å². The van der Waals surface area contributed by atoms with E-state index in [2.05, 4.69) is 4.98 Å². The maximum Gasteiger partial charge on any atom is 0.336 e. The molecular weight excluding hydrogens is 222 g/mol. The maximum absolute atomic E-state index is 11.0. The summed E-state index contributed by atoms with van der Waals surface area (Å²) in [5.41, 5.74) is 0.725. The summed E-state index contributed by atoms with van der Waals surface area (Å²) in [4.78, 5) is 25.7. The molecule has 0 aliphatic rings. The third-order valence-corrected chi connectivity index (χ3v) is 2.17. The summed E-state index contributed by atoms with van der Waals surface area (Å²) in [5, 5.41) is 17.7. The largest absolute Gasteiger partial charge is 0.478 e. The lowest BCUT2D eigenvalue weighted by Gasteiger charge is -2.07. The Morgan fingerprint density at radius 1 is 1.41 bits per heavy atom. The molecule has 0 fully saturated rings. The lowest BCUT2D eigenvalue weighted by molar-refractivity contribution is -0.133. The van der Waals surface area contributed by atoms with Gasteiger partial charge in [-0.25, -0.2) is 9.59 Å². The van der Waals surface area contributed by atoms with Crippen molar-refractivity contribution >= 4 is 17.5 Å².